The second kappa shape index (κ2) is 8.87. The number of hydrogen-bond acceptors (Lipinski definition) is 6. The lowest BCUT2D eigenvalue weighted by Crippen LogP contribution is -2.34. The molecule has 8 heteroatoms. The van der Waals surface area contributed by atoms with Crippen LogP contribution in [0.25, 0.3) is 10.2 Å². The average Bonchev–Trinajstić information content (AvgIpc) is 3.22. The van der Waals surface area contributed by atoms with Crippen molar-refractivity contribution in [1.29, 1.82) is 0 Å². The van der Waals surface area contributed by atoms with Gasteiger partial charge in [0.05, 0.1) is 24.0 Å². The number of fused-ring (bicyclic) bond motifs is 1. The zero-order chi connectivity index (χ0) is 20.9. The number of methoxy groups -OCH3 is 1. The number of amides is 1. The number of rotatable bonds is 7. The van der Waals surface area contributed by atoms with Crippen LogP contribution in [0.15, 0.2) is 66.9 Å². The Kier molecular flexibility index (Phi) is 5.85. The summed E-state index contributed by atoms with van der Waals surface area (Å²) in [6.45, 7) is -0.0129. The minimum atomic E-state index is -0.423. The van der Waals surface area contributed by atoms with Crippen LogP contribution in [0.1, 0.15) is 5.69 Å². The van der Waals surface area contributed by atoms with Crippen molar-refractivity contribution in [3.63, 3.8) is 0 Å². The van der Waals surface area contributed by atoms with E-state index in [1.54, 1.807) is 55.8 Å². The van der Waals surface area contributed by atoms with Gasteiger partial charge in [-0.3, -0.25) is 14.7 Å². The number of carbonyl (C=O) groups is 1. The van der Waals surface area contributed by atoms with Crippen LogP contribution in [0.5, 0.6) is 11.5 Å². The molecule has 2 aromatic heterocycles. The first kappa shape index (κ1) is 19.8. The van der Waals surface area contributed by atoms with Gasteiger partial charge in [0.1, 0.15) is 22.8 Å². The molecule has 4 aromatic rings. The second-order valence-electron chi connectivity index (χ2n) is 6.35. The fourth-order valence-electron chi connectivity index (χ4n) is 2.85. The van der Waals surface area contributed by atoms with Gasteiger partial charge in [0.25, 0.3) is 5.91 Å². The number of aromatic nitrogens is 2. The zero-order valence-corrected chi connectivity index (χ0v) is 16.9. The van der Waals surface area contributed by atoms with Crippen molar-refractivity contribution in [3.05, 3.63) is 78.4 Å². The zero-order valence-electron chi connectivity index (χ0n) is 16.1. The van der Waals surface area contributed by atoms with E-state index in [0.29, 0.717) is 27.0 Å². The molecule has 0 unspecified atom stereocenters. The Morgan fingerprint density at radius 1 is 1.10 bits per heavy atom. The van der Waals surface area contributed by atoms with Gasteiger partial charge in [-0.1, -0.05) is 29.5 Å². The summed E-state index contributed by atoms with van der Waals surface area (Å²) in [5.74, 6) is 0.401. The Hall–Kier alpha value is -3.52. The maximum atomic E-state index is 14.1. The van der Waals surface area contributed by atoms with Crippen molar-refractivity contribution < 1.29 is 18.7 Å². The van der Waals surface area contributed by atoms with Gasteiger partial charge in [0.15, 0.2) is 11.7 Å². The molecule has 2 heterocycles. The molecule has 0 aliphatic carbocycles. The van der Waals surface area contributed by atoms with Crippen LogP contribution in [0, 0.1) is 5.82 Å². The summed E-state index contributed by atoms with van der Waals surface area (Å²) in [6, 6.07) is 17.2. The molecule has 0 aliphatic rings. The highest BCUT2D eigenvalue weighted by Crippen LogP contribution is 2.31. The van der Waals surface area contributed by atoms with Crippen LogP contribution in [0.3, 0.4) is 0 Å². The van der Waals surface area contributed by atoms with Gasteiger partial charge < -0.3 is 9.47 Å². The SMILES string of the molecule is COc1cccc(OCC(=O)N(Cc2ccccn2)c2nc3c(F)cccc3s2)c1. The summed E-state index contributed by atoms with van der Waals surface area (Å²) in [5, 5.41) is 0.389. The first-order valence-electron chi connectivity index (χ1n) is 9.16. The number of pyridine rings is 1. The molecule has 30 heavy (non-hydrogen) atoms. The Balaban J connectivity index is 1.60. The molecular weight excluding hydrogens is 405 g/mol. The number of ether oxygens (including phenoxy) is 2. The highest BCUT2D eigenvalue weighted by atomic mass is 32.1. The largest absolute Gasteiger partial charge is 0.497 e. The van der Waals surface area contributed by atoms with Gasteiger partial charge in [-0.15, -0.1) is 0 Å². The molecule has 0 spiro atoms. The molecule has 0 N–H and O–H groups in total. The Bertz CT molecular complexity index is 1170. The number of anilines is 1. The minimum absolute atomic E-state index is 0.197. The highest BCUT2D eigenvalue weighted by Gasteiger charge is 2.22. The fourth-order valence-corrected chi connectivity index (χ4v) is 3.85. The molecule has 0 aliphatic heterocycles. The number of nitrogens with zero attached hydrogens (tertiary/aromatic N) is 3. The van der Waals surface area contributed by atoms with E-state index in [1.807, 2.05) is 12.1 Å². The first-order valence-corrected chi connectivity index (χ1v) is 9.98. The van der Waals surface area contributed by atoms with Crippen molar-refractivity contribution in [2.24, 2.45) is 0 Å². The Morgan fingerprint density at radius 3 is 2.70 bits per heavy atom. The summed E-state index contributed by atoms with van der Waals surface area (Å²) >= 11 is 1.25. The van der Waals surface area contributed by atoms with Gasteiger partial charge in [0, 0.05) is 12.3 Å². The molecule has 0 radical (unpaired) electrons. The third-order valence-corrected chi connectivity index (χ3v) is 5.38. The lowest BCUT2D eigenvalue weighted by molar-refractivity contribution is -0.120. The number of halogens is 1. The molecule has 1 amide bonds. The third-order valence-electron chi connectivity index (χ3n) is 4.34. The predicted molar refractivity (Wildman–Crippen MR) is 113 cm³/mol. The molecule has 6 nitrogen and oxygen atoms in total. The topological polar surface area (TPSA) is 64.6 Å². The summed E-state index contributed by atoms with van der Waals surface area (Å²) < 4.78 is 25.6. The smallest absolute Gasteiger partial charge is 0.267 e. The molecule has 152 valence electrons. The number of benzene rings is 2. The van der Waals surface area contributed by atoms with Crippen LogP contribution >= 0.6 is 11.3 Å². The molecule has 2 aromatic carbocycles. The minimum Gasteiger partial charge on any atom is -0.497 e. The summed E-state index contributed by atoms with van der Waals surface area (Å²) in [6.07, 6.45) is 1.66. The molecule has 0 saturated heterocycles. The van der Waals surface area contributed by atoms with E-state index in [9.17, 15) is 9.18 Å². The van der Waals surface area contributed by atoms with E-state index in [2.05, 4.69) is 9.97 Å². The number of carbonyl (C=O) groups excluding carboxylic acids is 1. The maximum Gasteiger partial charge on any atom is 0.267 e. The Labute approximate surface area is 176 Å². The summed E-state index contributed by atoms with van der Waals surface area (Å²) in [4.78, 5) is 23.2. The van der Waals surface area contributed by atoms with Gasteiger partial charge in [-0.05, 0) is 36.4 Å². The van der Waals surface area contributed by atoms with Crippen molar-refractivity contribution in [2.75, 3.05) is 18.6 Å². The number of hydrogen-bond donors (Lipinski definition) is 0. The molecule has 0 saturated carbocycles. The molecule has 0 bridgehead atoms. The van der Waals surface area contributed by atoms with Crippen LogP contribution < -0.4 is 14.4 Å². The van der Waals surface area contributed by atoms with E-state index in [4.69, 9.17) is 9.47 Å². The van der Waals surface area contributed by atoms with E-state index in [1.165, 1.54) is 22.3 Å². The maximum absolute atomic E-state index is 14.1. The van der Waals surface area contributed by atoms with E-state index in [0.717, 1.165) is 0 Å². The monoisotopic (exact) mass is 423 g/mol. The van der Waals surface area contributed by atoms with Crippen molar-refractivity contribution in [2.45, 2.75) is 6.54 Å². The first-order chi connectivity index (χ1) is 14.6. The molecule has 0 fully saturated rings. The Morgan fingerprint density at radius 2 is 1.93 bits per heavy atom. The van der Waals surface area contributed by atoms with Crippen molar-refractivity contribution in [1.82, 2.24) is 9.97 Å². The summed E-state index contributed by atoms with van der Waals surface area (Å²) in [7, 11) is 1.56. The predicted octanol–water partition coefficient (Wildman–Crippen LogP) is 4.45. The lowest BCUT2D eigenvalue weighted by Gasteiger charge is -2.19. The average molecular weight is 423 g/mol. The number of para-hydroxylation sites is 1. The van der Waals surface area contributed by atoms with Gasteiger partial charge in [-0.25, -0.2) is 9.37 Å². The van der Waals surface area contributed by atoms with E-state index >= 15 is 0 Å². The van der Waals surface area contributed by atoms with Gasteiger partial charge in [-0.2, -0.15) is 0 Å². The van der Waals surface area contributed by atoms with E-state index in [-0.39, 0.29) is 24.6 Å². The standard InChI is InChI=1S/C22H18FN3O3S/c1-28-16-7-4-8-17(12-16)29-14-20(27)26(13-15-6-2-3-11-24-15)22-25-21-18(23)9-5-10-19(21)30-22/h2-12H,13-14H2,1H3. The quantitative estimate of drug-likeness (QED) is 0.439. The highest BCUT2D eigenvalue weighted by molar-refractivity contribution is 7.22. The van der Waals surface area contributed by atoms with E-state index < -0.39 is 5.82 Å². The normalized spacial score (nSPS) is 10.7. The molecule has 4 rings (SSSR count). The van der Waals surface area contributed by atoms with Crippen LogP contribution in [-0.2, 0) is 11.3 Å². The van der Waals surface area contributed by atoms with Gasteiger partial charge in [0.2, 0.25) is 0 Å². The molecule has 0 atom stereocenters. The third kappa shape index (κ3) is 4.38. The van der Waals surface area contributed by atoms with Crippen LogP contribution in [0.4, 0.5) is 9.52 Å². The second-order valence-corrected chi connectivity index (χ2v) is 7.36. The van der Waals surface area contributed by atoms with Crippen molar-refractivity contribution >= 4 is 32.6 Å². The fraction of sp³-hybridized carbons (Fsp3) is 0.136. The lowest BCUT2D eigenvalue weighted by atomic mass is 10.3. The van der Waals surface area contributed by atoms with Crippen molar-refractivity contribution in [3.8, 4) is 11.5 Å². The van der Waals surface area contributed by atoms with Crippen LogP contribution in [0.2, 0.25) is 0 Å². The number of thiazole rings is 1. The summed E-state index contributed by atoms with van der Waals surface area (Å²) in [5.41, 5.74) is 0.928. The van der Waals surface area contributed by atoms with Gasteiger partial charge >= 0.3 is 0 Å². The van der Waals surface area contributed by atoms with Crippen LogP contribution in [-0.4, -0.2) is 29.6 Å². The molecular formula is C22H18FN3O3S.